The summed E-state index contributed by atoms with van der Waals surface area (Å²) in [7, 11) is 2.58. The number of esters is 2. The Kier molecular flexibility index (Phi) is 4.62. The molecule has 7 heteroatoms. The van der Waals surface area contributed by atoms with Crippen LogP contribution in [-0.2, 0) is 19.1 Å². The normalized spacial score (nSPS) is 17.8. The highest BCUT2D eigenvalue weighted by Crippen LogP contribution is 2.34. The van der Waals surface area contributed by atoms with Crippen molar-refractivity contribution in [2.45, 2.75) is 6.42 Å². The van der Waals surface area contributed by atoms with Crippen molar-refractivity contribution >= 4 is 39.5 Å². The Balaban J connectivity index is 2.33. The van der Waals surface area contributed by atoms with E-state index >= 15 is 0 Å². The van der Waals surface area contributed by atoms with E-state index in [1.165, 1.54) is 19.1 Å². The lowest BCUT2D eigenvalue weighted by Crippen LogP contribution is -2.27. The standard InChI is InChI=1S/C14H14BrNO5/c1-20-13(18)8-6-11(17)16(7-8)10-5-3-4-9(12(10)15)14(19)21-2/h3-5,8H,6-7H2,1-2H3. The zero-order valence-corrected chi connectivity index (χ0v) is 13.2. The van der Waals surface area contributed by atoms with Gasteiger partial charge in [-0.15, -0.1) is 0 Å². The number of hydrogen-bond acceptors (Lipinski definition) is 5. The minimum absolute atomic E-state index is 0.0988. The quantitative estimate of drug-likeness (QED) is 0.772. The van der Waals surface area contributed by atoms with Gasteiger partial charge in [0.05, 0.1) is 35.9 Å². The summed E-state index contributed by atoms with van der Waals surface area (Å²) in [5.74, 6) is -1.59. The largest absolute Gasteiger partial charge is 0.469 e. The van der Waals surface area contributed by atoms with Crippen molar-refractivity contribution in [1.29, 1.82) is 0 Å². The molecule has 21 heavy (non-hydrogen) atoms. The van der Waals surface area contributed by atoms with Gasteiger partial charge >= 0.3 is 11.9 Å². The van der Waals surface area contributed by atoms with E-state index in [1.54, 1.807) is 18.2 Å². The zero-order chi connectivity index (χ0) is 15.6. The molecule has 0 N–H and O–H groups in total. The van der Waals surface area contributed by atoms with Crippen LogP contribution >= 0.6 is 15.9 Å². The maximum Gasteiger partial charge on any atom is 0.339 e. The predicted octanol–water partition coefficient (Wildman–Crippen LogP) is 1.76. The average molecular weight is 356 g/mol. The van der Waals surface area contributed by atoms with Crippen LogP contribution < -0.4 is 4.90 Å². The van der Waals surface area contributed by atoms with Crippen molar-refractivity contribution in [2.24, 2.45) is 5.92 Å². The molecule has 0 aromatic heterocycles. The number of methoxy groups -OCH3 is 2. The first-order valence-corrected chi connectivity index (χ1v) is 7.04. The Bertz CT molecular complexity index is 601. The lowest BCUT2D eigenvalue weighted by atomic mass is 10.1. The number of anilines is 1. The van der Waals surface area contributed by atoms with E-state index in [0.29, 0.717) is 15.7 Å². The molecule has 0 saturated carbocycles. The number of amides is 1. The molecule has 1 aliphatic heterocycles. The summed E-state index contributed by atoms with van der Waals surface area (Å²) in [6.45, 7) is 0.231. The average Bonchev–Trinajstić information content (AvgIpc) is 2.87. The first-order chi connectivity index (χ1) is 9.99. The SMILES string of the molecule is COC(=O)c1cccc(N2CC(C(=O)OC)CC2=O)c1Br. The Morgan fingerprint density at radius 1 is 1.29 bits per heavy atom. The molecule has 1 aromatic rings. The van der Waals surface area contributed by atoms with Gasteiger partial charge < -0.3 is 14.4 Å². The first kappa shape index (κ1) is 15.5. The fourth-order valence-electron chi connectivity index (χ4n) is 2.26. The van der Waals surface area contributed by atoms with E-state index in [-0.39, 0.29) is 18.9 Å². The van der Waals surface area contributed by atoms with Crippen LogP contribution in [0.1, 0.15) is 16.8 Å². The number of benzene rings is 1. The summed E-state index contributed by atoms with van der Waals surface area (Å²) < 4.78 is 9.83. The Labute approximate surface area is 130 Å². The fourth-order valence-corrected chi connectivity index (χ4v) is 2.90. The highest BCUT2D eigenvalue weighted by atomic mass is 79.9. The van der Waals surface area contributed by atoms with E-state index in [9.17, 15) is 14.4 Å². The second-order valence-electron chi connectivity index (χ2n) is 4.56. The van der Waals surface area contributed by atoms with Gasteiger partial charge in [-0.3, -0.25) is 9.59 Å². The number of rotatable bonds is 3. The van der Waals surface area contributed by atoms with Crippen molar-refractivity contribution < 1.29 is 23.9 Å². The monoisotopic (exact) mass is 355 g/mol. The summed E-state index contributed by atoms with van der Waals surface area (Å²) >= 11 is 3.32. The van der Waals surface area contributed by atoms with Crippen LogP contribution in [0.5, 0.6) is 0 Å². The lowest BCUT2D eigenvalue weighted by Gasteiger charge is -2.19. The van der Waals surface area contributed by atoms with Crippen LogP contribution in [0.2, 0.25) is 0 Å². The summed E-state index contributed by atoms with van der Waals surface area (Å²) in [6, 6.07) is 4.96. The molecule has 2 rings (SSSR count). The molecule has 1 aromatic carbocycles. The van der Waals surface area contributed by atoms with Crippen molar-refractivity contribution in [2.75, 3.05) is 25.7 Å². The molecule has 1 saturated heterocycles. The smallest absolute Gasteiger partial charge is 0.339 e. The van der Waals surface area contributed by atoms with Gasteiger partial charge in [0.2, 0.25) is 5.91 Å². The fraction of sp³-hybridized carbons (Fsp3) is 0.357. The number of carbonyl (C=O) groups excluding carboxylic acids is 3. The summed E-state index contributed by atoms with van der Waals surface area (Å²) in [4.78, 5) is 36.8. The van der Waals surface area contributed by atoms with E-state index in [2.05, 4.69) is 20.7 Å². The molecule has 6 nitrogen and oxygen atoms in total. The molecule has 1 heterocycles. The van der Waals surface area contributed by atoms with Gasteiger partial charge in [-0.05, 0) is 28.1 Å². The van der Waals surface area contributed by atoms with Crippen LogP contribution in [0, 0.1) is 5.92 Å². The lowest BCUT2D eigenvalue weighted by molar-refractivity contribution is -0.145. The summed E-state index contributed by atoms with van der Waals surface area (Å²) in [5, 5.41) is 0. The number of carbonyl (C=O) groups is 3. The molecule has 1 fully saturated rings. The van der Waals surface area contributed by atoms with Gasteiger partial charge in [0.25, 0.3) is 0 Å². The maximum absolute atomic E-state index is 12.1. The Morgan fingerprint density at radius 3 is 2.62 bits per heavy atom. The summed E-state index contributed by atoms with van der Waals surface area (Å²) in [5.41, 5.74) is 0.860. The molecular weight excluding hydrogens is 342 g/mol. The molecule has 0 radical (unpaired) electrons. The molecule has 1 unspecified atom stereocenters. The zero-order valence-electron chi connectivity index (χ0n) is 11.6. The molecule has 1 aliphatic rings. The van der Waals surface area contributed by atoms with E-state index < -0.39 is 17.9 Å². The summed E-state index contributed by atoms with van der Waals surface area (Å²) in [6.07, 6.45) is 0.0988. The van der Waals surface area contributed by atoms with Crippen molar-refractivity contribution in [3.05, 3.63) is 28.2 Å². The van der Waals surface area contributed by atoms with E-state index in [1.807, 2.05) is 0 Å². The molecule has 0 spiro atoms. The molecule has 1 amide bonds. The van der Waals surface area contributed by atoms with Crippen LogP contribution in [0.3, 0.4) is 0 Å². The highest BCUT2D eigenvalue weighted by Gasteiger charge is 2.37. The Hall–Kier alpha value is -1.89. The van der Waals surface area contributed by atoms with Crippen LogP contribution in [0.25, 0.3) is 0 Å². The third-order valence-corrected chi connectivity index (χ3v) is 4.17. The van der Waals surface area contributed by atoms with E-state index in [4.69, 9.17) is 4.74 Å². The predicted molar refractivity (Wildman–Crippen MR) is 78.0 cm³/mol. The van der Waals surface area contributed by atoms with E-state index in [0.717, 1.165) is 0 Å². The maximum atomic E-state index is 12.1. The second-order valence-corrected chi connectivity index (χ2v) is 5.35. The number of ether oxygens (including phenoxy) is 2. The molecule has 0 aliphatic carbocycles. The van der Waals surface area contributed by atoms with Crippen molar-refractivity contribution in [3.8, 4) is 0 Å². The second kappa shape index (κ2) is 6.26. The minimum atomic E-state index is -0.500. The third-order valence-electron chi connectivity index (χ3n) is 3.33. The number of nitrogens with zero attached hydrogens (tertiary/aromatic N) is 1. The van der Waals surface area contributed by atoms with Gasteiger partial charge in [0.1, 0.15) is 0 Å². The minimum Gasteiger partial charge on any atom is -0.469 e. The Morgan fingerprint density at radius 2 is 2.00 bits per heavy atom. The molecule has 1 atom stereocenters. The van der Waals surface area contributed by atoms with Crippen LogP contribution in [-0.4, -0.2) is 38.6 Å². The molecular formula is C14H14BrNO5. The molecule has 0 bridgehead atoms. The van der Waals surface area contributed by atoms with Gasteiger partial charge in [0, 0.05) is 13.0 Å². The van der Waals surface area contributed by atoms with Gasteiger partial charge in [-0.1, -0.05) is 6.07 Å². The highest BCUT2D eigenvalue weighted by molar-refractivity contribution is 9.10. The van der Waals surface area contributed by atoms with Crippen molar-refractivity contribution in [3.63, 3.8) is 0 Å². The van der Waals surface area contributed by atoms with Gasteiger partial charge in [-0.25, -0.2) is 4.79 Å². The van der Waals surface area contributed by atoms with Crippen molar-refractivity contribution in [1.82, 2.24) is 0 Å². The van der Waals surface area contributed by atoms with Crippen LogP contribution in [0.4, 0.5) is 5.69 Å². The number of hydrogen-bond donors (Lipinski definition) is 0. The topological polar surface area (TPSA) is 72.9 Å². The van der Waals surface area contributed by atoms with Crippen LogP contribution in [0.15, 0.2) is 22.7 Å². The third kappa shape index (κ3) is 2.92. The van der Waals surface area contributed by atoms with Gasteiger partial charge in [-0.2, -0.15) is 0 Å². The van der Waals surface area contributed by atoms with Gasteiger partial charge in [0.15, 0.2) is 0 Å². The molecule has 112 valence electrons. The number of halogens is 1. The first-order valence-electron chi connectivity index (χ1n) is 6.24.